The molecular formula is C13H24O3. The molecular weight excluding hydrogens is 204 g/mol. The third-order valence-corrected chi connectivity index (χ3v) is 1.66. The molecule has 0 aromatic heterocycles. The van der Waals surface area contributed by atoms with E-state index in [1.807, 2.05) is 20.8 Å². The van der Waals surface area contributed by atoms with Gasteiger partial charge in [0.2, 0.25) is 0 Å². The van der Waals surface area contributed by atoms with Gasteiger partial charge >= 0.3 is 0 Å². The molecule has 0 aromatic carbocycles. The first-order valence-corrected chi connectivity index (χ1v) is 5.15. The van der Waals surface area contributed by atoms with Crippen LogP contribution in [0.2, 0.25) is 0 Å². The summed E-state index contributed by atoms with van der Waals surface area (Å²) in [4.78, 5) is 10.7. The van der Waals surface area contributed by atoms with E-state index in [0.29, 0.717) is 0 Å². The van der Waals surface area contributed by atoms with E-state index in [-0.39, 0.29) is 11.4 Å². The summed E-state index contributed by atoms with van der Waals surface area (Å²) in [5, 5.41) is 0. The number of carbonyl (C=O) groups excluding carboxylic acids is 1. The van der Waals surface area contributed by atoms with Gasteiger partial charge < -0.3 is 9.47 Å². The molecule has 0 fully saturated rings. The van der Waals surface area contributed by atoms with Crippen LogP contribution in [0, 0.1) is 0 Å². The maximum absolute atomic E-state index is 10.7. The fraction of sp³-hybridized carbons (Fsp3) is 0.615. The lowest BCUT2D eigenvalue weighted by Crippen LogP contribution is -2.30. The van der Waals surface area contributed by atoms with Crippen molar-refractivity contribution in [2.24, 2.45) is 0 Å². The Hall–Kier alpha value is -1.25. The molecule has 16 heavy (non-hydrogen) atoms. The van der Waals surface area contributed by atoms with E-state index in [4.69, 9.17) is 9.47 Å². The molecule has 0 N–H and O–H groups in total. The van der Waals surface area contributed by atoms with E-state index in [1.54, 1.807) is 13.8 Å². The molecule has 0 aliphatic carbocycles. The zero-order chi connectivity index (χ0) is 13.4. The van der Waals surface area contributed by atoms with Gasteiger partial charge in [0.25, 0.3) is 0 Å². The molecule has 0 aliphatic rings. The van der Waals surface area contributed by atoms with E-state index in [1.165, 1.54) is 19.4 Å². The lowest BCUT2D eigenvalue weighted by molar-refractivity contribution is -0.132. The van der Waals surface area contributed by atoms with Gasteiger partial charge in [-0.25, -0.2) is 0 Å². The Labute approximate surface area is 99.1 Å². The number of ketones is 1. The van der Waals surface area contributed by atoms with Gasteiger partial charge in [-0.3, -0.25) is 4.79 Å². The summed E-state index contributed by atoms with van der Waals surface area (Å²) in [6.45, 7) is 17.6. The number of Topliss-reactive ketones (excluding diaryl/α,β-unsaturated/α-hetero) is 1. The number of ether oxygens (including phenoxy) is 2. The largest absolute Gasteiger partial charge is 0.496 e. The van der Waals surface area contributed by atoms with Crippen LogP contribution in [0.3, 0.4) is 0 Å². The van der Waals surface area contributed by atoms with Crippen LogP contribution in [0.1, 0.15) is 41.5 Å². The molecule has 0 heterocycles. The molecule has 0 radical (unpaired) electrons. The van der Waals surface area contributed by atoms with E-state index in [0.717, 1.165) is 0 Å². The number of hydrogen-bond acceptors (Lipinski definition) is 3. The van der Waals surface area contributed by atoms with Crippen molar-refractivity contribution in [3.8, 4) is 0 Å². The molecule has 0 atom stereocenters. The van der Waals surface area contributed by atoms with Crippen molar-refractivity contribution in [3.05, 3.63) is 25.7 Å². The average Bonchev–Trinajstić information content (AvgIpc) is 2.02. The number of hydrogen-bond donors (Lipinski definition) is 0. The van der Waals surface area contributed by atoms with Crippen molar-refractivity contribution in [3.63, 3.8) is 0 Å². The first-order chi connectivity index (χ1) is 7.06. The molecule has 0 bridgehead atoms. The molecule has 0 aliphatic heterocycles. The fourth-order valence-corrected chi connectivity index (χ4v) is 0.541. The predicted octanol–water partition coefficient (Wildman–Crippen LogP) is 3.46. The molecule has 3 heteroatoms. The first-order valence-electron chi connectivity index (χ1n) is 5.15. The summed E-state index contributed by atoms with van der Waals surface area (Å²) in [7, 11) is 0. The summed E-state index contributed by atoms with van der Waals surface area (Å²) < 4.78 is 9.90. The van der Waals surface area contributed by atoms with Gasteiger partial charge in [-0.2, -0.15) is 0 Å². The molecule has 94 valence electrons. The van der Waals surface area contributed by atoms with Crippen LogP contribution in [-0.2, 0) is 14.3 Å². The molecule has 0 amide bonds. The molecule has 3 nitrogen and oxygen atoms in total. The van der Waals surface area contributed by atoms with Gasteiger partial charge in [0.05, 0.1) is 18.1 Å². The molecule has 0 unspecified atom stereocenters. The van der Waals surface area contributed by atoms with Gasteiger partial charge in [0.15, 0.2) is 11.4 Å². The highest BCUT2D eigenvalue weighted by molar-refractivity contribution is 5.84. The summed E-state index contributed by atoms with van der Waals surface area (Å²) in [6, 6.07) is 0. The summed E-state index contributed by atoms with van der Waals surface area (Å²) in [6.07, 6.45) is 2.74. The minimum Gasteiger partial charge on any atom is -0.496 e. The second-order valence-corrected chi connectivity index (χ2v) is 4.75. The Balaban J connectivity index is 0. The fourth-order valence-electron chi connectivity index (χ4n) is 0.541. The molecule has 0 saturated heterocycles. The minimum atomic E-state index is -0.707. The van der Waals surface area contributed by atoms with Gasteiger partial charge in [-0.15, -0.1) is 0 Å². The third kappa shape index (κ3) is 10.8. The number of carbonyl (C=O) groups is 1. The van der Waals surface area contributed by atoms with Crippen molar-refractivity contribution in [1.82, 2.24) is 0 Å². The van der Waals surface area contributed by atoms with E-state index in [2.05, 4.69) is 13.2 Å². The van der Waals surface area contributed by atoms with E-state index in [9.17, 15) is 4.79 Å². The van der Waals surface area contributed by atoms with Gasteiger partial charge in [0, 0.05) is 0 Å². The minimum absolute atomic E-state index is 0.00222. The molecule has 0 rings (SSSR count). The van der Waals surface area contributed by atoms with Crippen LogP contribution in [0.5, 0.6) is 0 Å². The standard InChI is InChI=1S/C7H12O2.C6H12O/c1-5-9-7(3,4)6(2)8;1-5-7-6(2,3)4/h5H,1H2,2-4H3;5H,1H2,2-4H3. The Morgan fingerprint density at radius 2 is 1.38 bits per heavy atom. The van der Waals surface area contributed by atoms with Crippen LogP contribution in [0.15, 0.2) is 25.7 Å². The third-order valence-electron chi connectivity index (χ3n) is 1.66. The van der Waals surface area contributed by atoms with Crippen molar-refractivity contribution >= 4 is 5.78 Å². The first kappa shape index (κ1) is 17.2. The smallest absolute Gasteiger partial charge is 0.172 e. The van der Waals surface area contributed by atoms with Crippen LogP contribution in [0.25, 0.3) is 0 Å². The highest BCUT2D eigenvalue weighted by Gasteiger charge is 2.23. The average molecular weight is 228 g/mol. The molecule has 0 aromatic rings. The Morgan fingerprint density at radius 3 is 1.44 bits per heavy atom. The van der Waals surface area contributed by atoms with Crippen LogP contribution in [0.4, 0.5) is 0 Å². The van der Waals surface area contributed by atoms with Crippen molar-refractivity contribution < 1.29 is 14.3 Å². The van der Waals surface area contributed by atoms with Gasteiger partial charge in [0.1, 0.15) is 0 Å². The normalized spacial score (nSPS) is 10.6. The van der Waals surface area contributed by atoms with E-state index >= 15 is 0 Å². The maximum Gasteiger partial charge on any atom is 0.172 e. The SMILES string of the molecule is C=COC(C)(C)C.C=COC(C)(C)C(C)=O. The Bertz CT molecular complexity index is 234. The van der Waals surface area contributed by atoms with Crippen LogP contribution in [-0.4, -0.2) is 17.0 Å². The summed E-state index contributed by atoms with van der Waals surface area (Å²) in [5.74, 6) is 0.00222. The highest BCUT2D eigenvalue weighted by Crippen LogP contribution is 2.09. The summed E-state index contributed by atoms with van der Waals surface area (Å²) in [5.41, 5.74) is -0.774. The second kappa shape index (κ2) is 7.09. The van der Waals surface area contributed by atoms with Crippen LogP contribution < -0.4 is 0 Å². The van der Waals surface area contributed by atoms with Crippen LogP contribution >= 0.6 is 0 Å². The topological polar surface area (TPSA) is 35.5 Å². The van der Waals surface area contributed by atoms with Gasteiger partial charge in [-0.1, -0.05) is 13.2 Å². The highest BCUT2D eigenvalue weighted by atomic mass is 16.5. The molecule has 0 saturated carbocycles. The zero-order valence-corrected chi connectivity index (χ0v) is 11.3. The maximum atomic E-state index is 10.7. The Kier molecular flexibility index (Phi) is 7.61. The predicted molar refractivity (Wildman–Crippen MR) is 67.1 cm³/mol. The second-order valence-electron chi connectivity index (χ2n) is 4.75. The lowest BCUT2D eigenvalue weighted by atomic mass is 10.1. The monoisotopic (exact) mass is 228 g/mol. The van der Waals surface area contributed by atoms with E-state index < -0.39 is 5.60 Å². The zero-order valence-electron chi connectivity index (χ0n) is 11.3. The van der Waals surface area contributed by atoms with Crippen molar-refractivity contribution in [2.75, 3.05) is 0 Å². The summed E-state index contributed by atoms with van der Waals surface area (Å²) >= 11 is 0. The van der Waals surface area contributed by atoms with Gasteiger partial charge in [-0.05, 0) is 41.5 Å². The van der Waals surface area contributed by atoms with Crippen molar-refractivity contribution in [1.29, 1.82) is 0 Å². The molecule has 0 spiro atoms. The lowest BCUT2D eigenvalue weighted by Gasteiger charge is -2.19. The van der Waals surface area contributed by atoms with Crippen molar-refractivity contribution in [2.45, 2.75) is 52.7 Å². The quantitative estimate of drug-likeness (QED) is 0.691. The Morgan fingerprint density at radius 1 is 1.00 bits per heavy atom. The number of rotatable bonds is 4.